The third-order valence-corrected chi connectivity index (χ3v) is 3.92. The molecule has 0 unspecified atom stereocenters. The normalized spacial score (nSPS) is 10.6. The Morgan fingerprint density at radius 1 is 1.33 bits per heavy atom. The number of aromatic amines is 1. The molecule has 0 spiro atoms. The van der Waals surface area contributed by atoms with E-state index in [-0.39, 0.29) is 0 Å². The van der Waals surface area contributed by atoms with Crippen LogP contribution in [0.3, 0.4) is 0 Å². The van der Waals surface area contributed by atoms with Crippen molar-refractivity contribution in [1.29, 1.82) is 5.26 Å². The summed E-state index contributed by atoms with van der Waals surface area (Å²) in [7, 11) is 0. The van der Waals surface area contributed by atoms with Gasteiger partial charge in [0.2, 0.25) is 0 Å². The molecular formula is C17H25N6O+. The summed E-state index contributed by atoms with van der Waals surface area (Å²) < 4.78 is 5.51. The number of fused-ring (bicyclic) bond motifs is 1. The fourth-order valence-corrected chi connectivity index (χ4v) is 2.73. The minimum Gasteiger partial charge on any atom is -0.463 e. The lowest BCUT2D eigenvalue weighted by molar-refractivity contribution is -0.375. The minimum atomic E-state index is 0.311. The van der Waals surface area contributed by atoms with Gasteiger partial charge >= 0.3 is 0 Å². The highest BCUT2D eigenvalue weighted by Crippen LogP contribution is 2.33. The standard InChI is InChI=1S/C17H24N6O/c1-4-7-8-23(5-2)17-12(10-18)11-9-13(24-6-3)21-15(19)14(11)16(20)22-17/h9H,4-8H2,1-3H3,(H2,19,21)(H2,20,22)/p+1. The highest BCUT2D eigenvalue weighted by molar-refractivity contribution is 6.03. The lowest BCUT2D eigenvalue weighted by Crippen LogP contribution is -2.26. The van der Waals surface area contributed by atoms with Gasteiger partial charge in [0, 0.05) is 24.5 Å². The average Bonchev–Trinajstić information content (AvgIpc) is 2.55. The Morgan fingerprint density at radius 3 is 2.67 bits per heavy atom. The predicted molar refractivity (Wildman–Crippen MR) is 95.8 cm³/mol. The van der Waals surface area contributed by atoms with Gasteiger partial charge in [-0.25, -0.2) is 9.97 Å². The van der Waals surface area contributed by atoms with E-state index in [1.165, 1.54) is 0 Å². The van der Waals surface area contributed by atoms with Crippen molar-refractivity contribution in [3.05, 3.63) is 11.6 Å². The number of anilines is 3. The van der Waals surface area contributed by atoms with Gasteiger partial charge in [-0.15, -0.1) is 0 Å². The number of ether oxygens (including phenoxy) is 1. The Hall–Kier alpha value is -2.75. The van der Waals surface area contributed by atoms with Crippen molar-refractivity contribution in [2.45, 2.75) is 33.6 Å². The minimum absolute atomic E-state index is 0.311. The molecule has 0 bridgehead atoms. The number of pyridine rings is 2. The number of rotatable bonds is 7. The molecule has 2 aromatic rings. The van der Waals surface area contributed by atoms with Crippen molar-refractivity contribution in [2.75, 3.05) is 36.1 Å². The zero-order valence-corrected chi connectivity index (χ0v) is 14.5. The average molecular weight is 329 g/mol. The first-order valence-electron chi connectivity index (χ1n) is 8.30. The fourth-order valence-electron chi connectivity index (χ4n) is 2.73. The zero-order valence-electron chi connectivity index (χ0n) is 14.5. The van der Waals surface area contributed by atoms with Gasteiger partial charge in [0.1, 0.15) is 28.7 Å². The Kier molecular flexibility index (Phi) is 5.64. The molecule has 0 aliphatic heterocycles. The first-order chi connectivity index (χ1) is 11.6. The number of nitriles is 1. The Balaban J connectivity index is 2.71. The van der Waals surface area contributed by atoms with Gasteiger partial charge in [0.15, 0.2) is 0 Å². The van der Waals surface area contributed by atoms with Gasteiger partial charge in [0.05, 0.1) is 6.61 Å². The highest BCUT2D eigenvalue weighted by Gasteiger charge is 2.22. The summed E-state index contributed by atoms with van der Waals surface area (Å²) in [5.41, 5.74) is 12.7. The van der Waals surface area contributed by atoms with Crippen molar-refractivity contribution in [3.63, 3.8) is 0 Å². The van der Waals surface area contributed by atoms with Crippen LogP contribution >= 0.6 is 0 Å². The van der Waals surface area contributed by atoms with Crippen molar-refractivity contribution < 1.29 is 9.72 Å². The summed E-state index contributed by atoms with van der Waals surface area (Å²) in [6.07, 6.45) is 2.09. The molecule has 0 amide bonds. The first-order valence-corrected chi connectivity index (χ1v) is 8.30. The molecule has 0 atom stereocenters. The predicted octanol–water partition coefficient (Wildman–Crippen LogP) is 2.11. The Morgan fingerprint density at radius 2 is 2.08 bits per heavy atom. The lowest BCUT2D eigenvalue weighted by atomic mass is 10.1. The number of H-pyrrole nitrogens is 1. The van der Waals surface area contributed by atoms with E-state index in [1.54, 1.807) is 6.07 Å². The van der Waals surface area contributed by atoms with E-state index in [1.807, 2.05) is 13.8 Å². The maximum Gasteiger partial charge on any atom is 0.284 e. The molecule has 7 nitrogen and oxygen atoms in total. The number of hydrogen-bond donors (Lipinski definition) is 2. The fraction of sp³-hybridized carbons (Fsp3) is 0.471. The molecule has 2 heterocycles. The molecule has 0 aliphatic rings. The second kappa shape index (κ2) is 7.68. The van der Waals surface area contributed by atoms with Gasteiger partial charge in [-0.2, -0.15) is 5.26 Å². The van der Waals surface area contributed by atoms with Crippen LogP contribution in [0.2, 0.25) is 0 Å². The number of nitrogens with one attached hydrogen (secondary N) is 1. The molecule has 2 aromatic heterocycles. The Bertz CT molecular complexity index is 768. The van der Waals surface area contributed by atoms with Gasteiger partial charge in [-0.1, -0.05) is 13.3 Å². The van der Waals surface area contributed by atoms with Crippen LogP contribution in [0.1, 0.15) is 39.2 Å². The molecule has 0 aliphatic carbocycles. The number of nitrogen functional groups attached to an aromatic ring is 2. The van der Waals surface area contributed by atoms with Crippen molar-refractivity contribution >= 4 is 28.2 Å². The molecule has 0 saturated carbocycles. The maximum absolute atomic E-state index is 9.74. The molecule has 2 rings (SSSR count). The van der Waals surface area contributed by atoms with Crippen LogP contribution in [0.25, 0.3) is 10.8 Å². The third-order valence-electron chi connectivity index (χ3n) is 3.92. The molecule has 7 heteroatoms. The van der Waals surface area contributed by atoms with E-state index >= 15 is 0 Å². The number of nitrogens with two attached hydrogens (primary N) is 2. The number of aromatic nitrogens is 2. The van der Waals surface area contributed by atoms with Crippen LogP contribution in [-0.2, 0) is 0 Å². The molecule has 24 heavy (non-hydrogen) atoms. The van der Waals surface area contributed by atoms with Crippen LogP contribution in [0.15, 0.2) is 6.07 Å². The topological polar surface area (TPSA) is 115 Å². The second-order valence-electron chi connectivity index (χ2n) is 5.51. The smallest absolute Gasteiger partial charge is 0.284 e. The zero-order chi connectivity index (χ0) is 17.7. The van der Waals surface area contributed by atoms with E-state index < -0.39 is 0 Å². The Labute approximate surface area is 142 Å². The summed E-state index contributed by atoms with van der Waals surface area (Å²) in [5, 5.41) is 11.0. The molecule has 0 aromatic carbocycles. The maximum atomic E-state index is 9.74. The lowest BCUT2D eigenvalue weighted by Gasteiger charge is -2.23. The molecular weight excluding hydrogens is 304 g/mol. The number of unbranched alkanes of at least 4 members (excludes halogenated alkanes) is 1. The van der Waals surface area contributed by atoms with E-state index in [0.717, 1.165) is 25.9 Å². The van der Waals surface area contributed by atoms with E-state index in [2.05, 4.69) is 27.9 Å². The molecule has 0 saturated heterocycles. The van der Waals surface area contributed by atoms with Crippen molar-refractivity contribution in [3.8, 4) is 11.9 Å². The number of nitrogens with zero attached hydrogens (tertiary/aromatic N) is 3. The quantitative estimate of drug-likeness (QED) is 0.804. The second-order valence-corrected chi connectivity index (χ2v) is 5.51. The van der Waals surface area contributed by atoms with Gasteiger partial charge in [-0.3, -0.25) is 5.73 Å². The van der Waals surface area contributed by atoms with E-state index in [0.29, 0.717) is 46.3 Å². The van der Waals surface area contributed by atoms with E-state index in [9.17, 15) is 5.26 Å². The van der Waals surface area contributed by atoms with E-state index in [4.69, 9.17) is 16.2 Å². The summed E-state index contributed by atoms with van der Waals surface area (Å²) >= 11 is 0. The van der Waals surface area contributed by atoms with Crippen LogP contribution in [0, 0.1) is 11.3 Å². The largest absolute Gasteiger partial charge is 0.463 e. The monoisotopic (exact) mass is 329 g/mol. The SMILES string of the molecule is CCCCN(CC)c1nc(N)c2c(N)[nH+]c(OCC)cc2c1C#N. The summed E-state index contributed by atoms with van der Waals surface area (Å²) in [6.45, 7) is 8.12. The summed E-state index contributed by atoms with van der Waals surface area (Å²) in [4.78, 5) is 9.50. The third kappa shape index (κ3) is 3.27. The van der Waals surface area contributed by atoms with Crippen LogP contribution in [-0.4, -0.2) is 24.7 Å². The first kappa shape index (κ1) is 17.6. The number of hydrogen-bond acceptors (Lipinski definition) is 6. The highest BCUT2D eigenvalue weighted by atomic mass is 16.5. The van der Waals surface area contributed by atoms with Crippen molar-refractivity contribution in [2.24, 2.45) is 0 Å². The molecule has 0 radical (unpaired) electrons. The van der Waals surface area contributed by atoms with Crippen LogP contribution < -0.4 is 26.1 Å². The summed E-state index contributed by atoms with van der Waals surface area (Å²) in [5.74, 6) is 1.77. The summed E-state index contributed by atoms with van der Waals surface area (Å²) in [6, 6.07) is 4.04. The van der Waals surface area contributed by atoms with Crippen LogP contribution in [0.5, 0.6) is 5.88 Å². The van der Waals surface area contributed by atoms with Crippen LogP contribution in [0.4, 0.5) is 17.5 Å². The molecule has 0 fully saturated rings. The van der Waals surface area contributed by atoms with Gasteiger partial charge < -0.3 is 15.4 Å². The van der Waals surface area contributed by atoms with Gasteiger partial charge in [-0.05, 0) is 20.3 Å². The molecule has 5 N–H and O–H groups in total. The molecule has 128 valence electrons. The van der Waals surface area contributed by atoms with Crippen molar-refractivity contribution in [1.82, 2.24) is 4.98 Å². The van der Waals surface area contributed by atoms with Gasteiger partial charge in [0.25, 0.3) is 11.7 Å².